The molecule has 2 aromatic heterocycles. The molecule has 4 nitrogen and oxygen atoms in total. The first-order valence-electron chi connectivity index (χ1n) is 19.3. The van der Waals surface area contributed by atoms with Gasteiger partial charge in [-0.05, 0) is 80.2 Å². The third-order valence-electron chi connectivity index (χ3n) is 11.0. The highest BCUT2D eigenvalue weighted by atomic mass is 15.0. The molecular formula is C53H34N4. The van der Waals surface area contributed by atoms with Crippen molar-refractivity contribution < 1.29 is 0 Å². The molecule has 0 aliphatic carbocycles. The second-order valence-electron chi connectivity index (χ2n) is 14.5. The van der Waals surface area contributed by atoms with E-state index >= 15 is 0 Å². The molecule has 0 radical (unpaired) electrons. The second-order valence-corrected chi connectivity index (χ2v) is 14.5. The van der Waals surface area contributed by atoms with Crippen molar-refractivity contribution in [2.24, 2.45) is 0 Å². The van der Waals surface area contributed by atoms with Crippen LogP contribution in [-0.4, -0.2) is 19.5 Å². The van der Waals surface area contributed by atoms with Crippen molar-refractivity contribution in [2.75, 3.05) is 0 Å². The van der Waals surface area contributed by atoms with Crippen molar-refractivity contribution in [3.63, 3.8) is 0 Å². The number of rotatable bonds is 6. The molecular weight excluding hydrogens is 693 g/mol. The van der Waals surface area contributed by atoms with Crippen LogP contribution in [0, 0.1) is 0 Å². The van der Waals surface area contributed by atoms with E-state index < -0.39 is 0 Å². The first-order valence-corrected chi connectivity index (χ1v) is 19.3. The summed E-state index contributed by atoms with van der Waals surface area (Å²) in [6.07, 6.45) is 0. The molecule has 0 unspecified atom stereocenters. The maximum atomic E-state index is 5.14. The van der Waals surface area contributed by atoms with E-state index in [0.717, 1.165) is 39.1 Å². The summed E-state index contributed by atoms with van der Waals surface area (Å²) in [5, 5.41) is 7.43. The average Bonchev–Trinajstić information content (AvgIpc) is 3.59. The lowest BCUT2D eigenvalue weighted by Gasteiger charge is -2.13. The summed E-state index contributed by atoms with van der Waals surface area (Å²) in [4.78, 5) is 15.2. The van der Waals surface area contributed by atoms with Gasteiger partial charge in [-0.1, -0.05) is 170 Å². The van der Waals surface area contributed by atoms with Crippen LogP contribution in [0.3, 0.4) is 0 Å². The normalized spacial score (nSPS) is 11.5. The quantitative estimate of drug-likeness (QED) is 0.171. The van der Waals surface area contributed by atoms with Gasteiger partial charge in [0, 0.05) is 33.2 Å². The van der Waals surface area contributed by atoms with Gasteiger partial charge in [-0.15, -0.1) is 0 Å². The smallest absolute Gasteiger partial charge is 0.164 e. The van der Waals surface area contributed by atoms with E-state index in [1.165, 1.54) is 48.9 Å². The summed E-state index contributed by atoms with van der Waals surface area (Å²) in [5.41, 5.74) is 10.8. The maximum absolute atomic E-state index is 5.14. The second kappa shape index (κ2) is 13.6. The van der Waals surface area contributed by atoms with E-state index in [1.54, 1.807) is 0 Å². The fourth-order valence-electron chi connectivity index (χ4n) is 8.17. The Morgan fingerprint density at radius 2 is 0.667 bits per heavy atom. The first-order chi connectivity index (χ1) is 28.2. The maximum Gasteiger partial charge on any atom is 0.164 e. The number of nitrogens with zero attached hydrogens (tertiary/aromatic N) is 4. The van der Waals surface area contributed by atoms with Crippen LogP contribution < -0.4 is 0 Å². The van der Waals surface area contributed by atoms with Gasteiger partial charge in [0.15, 0.2) is 17.5 Å². The van der Waals surface area contributed by atoms with Gasteiger partial charge < -0.3 is 4.57 Å². The molecule has 0 spiro atoms. The highest BCUT2D eigenvalue weighted by Gasteiger charge is 2.18. The molecule has 0 saturated carbocycles. The number of hydrogen-bond acceptors (Lipinski definition) is 3. The highest BCUT2D eigenvalue weighted by molar-refractivity contribution is 6.16. The molecule has 4 heteroatoms. The number of fused-ring (bicyclic) bond motifs is 5. The molecule has 266 valence electrons. The molecule has 0 bridgehead atoms. The lowest BCUT2D eigenvalue weighted by molar-refractivity contribution is 1.07. The Morgan fingerprint density at radius 3 is 1.23 bits per heavy atom. The minimum atomic E-state index is 0.631. The Kier molecular flexibility index (Phi) is 7.78. The van der Waals surface area contributed by atoms with E-state index in [1.807, 2.05) is 36.4 Å². The van der Waals surface area contributed by atoms with Crippen LogP contribution >= 0.6 is 0 Å². The summed E-state index contributed by atoms with van der Waals surface area (Å²) in [5.74, 6) is 1.90. The largest absolute Gasteiger partial charge is 0.309 e. The molecule has 11 rings (SSSR count). The molecule has 9 aromatic carbocycles. The Labute approximate surface area is 330 Å². The first kappa shape index (κ1) is 32.7. The Morgan fingerprint density at radius 1 is 0.281 bits per heavy atom. The number of hydrogen-bond donors (Lipinski definition) is 0. The van der Waals surface area contributed by atoms with Crippen LogP contribution in [-0.2, 0) is 0 Å². The molecule has 0 atom stereocenters. The van der Waals surface area contributed by atoms with Gasteiger partial charge in [-0.25, -0.2) is 15.0 Å². The topological polar surface area (TPSA) is 43.6 Å². The van der Waals surface area contributed by atoms with Gasteiger partial charge in [-0.3, -0.25) is 0 Å². The minimum absolute atomic E-state index is 0.631. The van der Waals surface area contributed by atoms with E-state index in [4.69, 9.17) is 15.0 Å². The average molecular weight is 727 g/mol. The SMILES string of the molecule is c1ccc(-c2ccc(-c3nc(-c4ccccc4)nc(-c4ccccc4-c4ccc(-n5c6cc7ccccc7cc6c6cc7ccccc7cc65)cc4)n3)cc2)cc1. The van der Waals surface area contributed by atoms with Gasteiger partial charge >= 0.3 is 0 Å². The van der Waals surface area contributed by atoms with Crippen LogP contribution in [0.2, 0.25) is 0 Å². The number of benzene rings is 9. The van der Waals surface area contributed by atoms with Gasteiger partial charge in [-0.2, -0.15) is 0 Å². The summed E-state index contributed by atoms with van der Waals surface area (Å²) in [7, 11) is 0. The number of aromatic nitrogens is 4. The highest BCUT2D eigenvalue weighted by Crippen LogP contribution is 2.39. The van der Waals surface area contributed by atoms with Gasteiger partial charge in [0.1, 0.15) is 0 Å². The monoisotopic (exact) mass is 726 g/mol. The van der Waals surface area contributed by atoms with E-state index in [2.05, 4.69) is 174 Å². The van der Waals surface area contributed by atoms with Crippen molar-refractivity contribution in [3.05, 3.63) is 206 Å². The van der Waals surface area contributed by atoms with Crippen LogP contribution in [0.1, 0.15) is 0 Å². The van der Waals surface area contributed by atoms with Crippen LogP contribution in [0.4, 0.5) is 0 Å². The van der Waals surface area contributed by atoms with E-state index in [9.17, 15) is 0 Å². The van der Waals surface area contributed by atoms with Gasteiger partial charge in [0.05, 0.1) is 11.0 Å². The van der Waals surface area contributed by atoms with Crippen molar-refractivity contribution in [2.45, 2.75) is 0 Å². The Balaban J connectivity index is 1.03. The fourth-order valence-corrected chi connectivity index (χ4v) is 8.17. The molecule has 2 heterocycles. The minimum Gasteiger partial charge on any atom is -0.309 e. The van der Waals surface area contributed by atoms with Crippen molar-refractivity contribution >= 4 is 43.4 Å². The molecule has 0 N–H and O–H groups in total. The Bertz CT molecular complexity index is 3170. The Hall–Kier alpha value is -7.69. The van der Waals surface area contributed by atoms with Crippen molar-refractivity contribution in [1.82, 2.24) is 19.5 Å². The third kappa shape index (κ3) is 5.83. The van der Waals surface area contributed by atoms with Crippen molar-refractivity contribution in [3.8, 4) is 62.1 Å². The summed E-state index contributed by atoms with van der Waals surface area (Å²) < 4.78 is 2.41. The molecule has 0 saturated heterocycles. The van der Waals surface area contributed by atoms with Gasteiger partial charge in [0.2, 0.25) is 0 Å². The van der Waals surface area contributed by atoms with Crippen LogP contribution in [0.5, 0.6) is 0 Å². The van der Waals surface area contributed by atoms with E-state index in [-0.39, 0.29) is 0 Å². The zero-order valence-corrected chi connectivity index (χ0v) is 30.9. The molecule has 11 aromatic rings. The lowest BCUT2D eigenvalue weighted by Crippen LogP contribution is -2.01. The van der Waals surface area contributed by atoms with Crippen LogP contribution in [0.25, 0.3) is 105 Å². The summed E-state index contributed by atoms with van der Waals surface area (Å²) in [6.45, 7) is 0. The van der Waals surface area contributed by atoms with Crippen LogP contribution in [0.15, 0.2) is 206 Å². The molecule has 0 aliphatic rings. The third-order valence-corrected chi connectivity index (χ3v) is 11.0. The van der Waals surface area contributed by atoms with Crippen molar-refractivity contribution in [1.29, 1.82) is 0 Å². The van der Waals surface area contributed by atoms with E-state index in [0.29, 0.717) is 17.5 Å². The molecule has 0 aliphatic heterocycles. The fraction of sp³-hybridized carbons (Fsp3) is 0. The standard InChI is InChI=1S/C53H34N4/c1-3-13-35(14-4-1)36-23-25-39(26-24-36)52-54-51(38-15-5-2-6-16-38)55-53(56-52)46-22-12-11-21-45(46)37-27-29-44(30-28-37)57-49-33-42-19-9-7-17-40(42)31-47(49)48-32-41-18-8-10-20-43(41)34-50(48)57/h1-34H. The van der Waals surface area contributed by atoms with Gasteiger partial charge in [0.25, 0.3) is 0 Å². The molecule has 57 heavy (non-hydrogen) atoms. The zero-order valence-electron chi connectivity index (χ0n) is 30.9. The lowest BCUT2D eigenvalue weighted by atomic mass is 9.98. The zero-order chi connectivity index (χ0) is 37.7. The summed E-state index contributed by atoms with van der Waals surface area (Å²) in [6, 6.07) is 72.9. The summed E-state index contributed by atoms with van der Waals surface area (Å²) >= 11 is 0. The predicted molar refractivity (Wildman–Crippen MR) is 236 cm³/mol. The predicted octanol–water partition coefficient (Wildman–Crippen LogP) is 13.6. The molecule has 0 amide bonds. The molecule has 0 fully saturated rings.